The van der Waals surface area contributed by atoms with Gasteiger partial charge in [0.15, 0.2) is 0 Å². The number of rotatable bonds is 1. The molecule has 0 amide bonds. The van der Waals surface area contributed by atoms with Gasteiger partial charge >= 0.3 is 0 Å². The van der Waals surface area contributed by atoms with Crippen LogP contribution in [0.5, 0.6) is 0 Å². The number of nitrogens with zero attached hydrogens (tertiary/aromatic N) is 2. The van der Waals surface area contributed by atoms with Gasteiger partial charge < -0.3 is 5.73 Å². The first-order valence-corrected chi connectivity index (χ1v) is 4.29. The van der Waals surface area contributed by atoms with Crippen LogP contribution < -0.4 is 17.0 Å². The van der Waals surface area contributed by atoms with Gasteiger partial charge in [-0.2, -0.15) is 10.5 Å². The van der Waals surface area contributed by atoms with Crippen LogP contribution in [0.15, 0.2) is 18.2 Å². The van der Waals surface area contributed by atoms with Crippen LogP contribution in [-0.4, -0.2) is 6.54 Å². The lowest BCUT2D eigenvalue weighted by atomic mass is 10.2. The quantitative estimate of drug-likeness (QED) is 0.282. The van der Waals surface area contributed by atoms with Crippen molar-refractivity contribution in [3.63, 3.8) is 0 Å². The number of nitrogens with two attached hydrogens (primary N) is 2. The fraction of sp³-hybridized carbons (Fsp3) is 0.111. The summed E-state index contributed by atoms with van der Waals surface area (Å²) in [6.07, 6.45) is 0. The molecule has 0 aliphatic carbocycles. The first-order valence-electron chi connectivity index (χ1n) is 3.91. The van der Waals surface area contributed by atoms with Gasteiger partial charge in [-0.3, -0.25) is 5.84 Å². The second-order valence-electron chi connectivity index (χ2n) is 2.39. The molecule has 1 aromatic rings. The zero-order valence-corrected chi connectivity index (χ0v) is 8.62. The van der Waals surface area contributed by atoms with E-state index in [0.717, 1.165) is 0 Å². The molecule has 5 N–H and O–H groups in total. The van der Waals surface area contributed by atoms with E-state index in [1.807, 2.05) is 6.07 Å². The summed E-state index contributed by atoms with van der Waals surface area (Å²) >= 11 is 5.62. The Hall–Kier alpha value is -1.79. The Kier molecular flexibility index (Phi) is 6.69. The monoisotopic (exact) mass is 223 g/mol. The molecule has 5 nitrogen and oxygen atoms in total. The minimum absolute atomic E-state index is 0.222. The van der Waals surface area contributed by atoms with Crippen LogP contribution in [0.2, 0.25) is 5.02 Å². The van der Waals surface area contributed by atoms with Crippen LogP contribution in [0.25, 0.3) is 0 Å². The van der Waals surface area contributed by atoms with E-state index in [-0.39, 0.29) is 6.54 Å². The molecule has 1 aromatic carbocycles. The lowest BCUT2D eigenvalue weighted by Gasteiger charge is -1.94. The molecule has 0 bridgehead atoms. The van der Waals surface area contributed by atoms with Gasteiger partial charge in [0.25, 0.3) is 0 Å². The number of nitriles is 2. The van der Waals surface area contributed by atoms with Crippen LogP contribution in [0.4, 0.5) is 5.69 Å². The van der Waals surface area contributed by atoms with Gasteiger partial charge in [-0.15, -0.1) is 0 Å². The Labute approximate surface area is 92.8 Å². The Balaban J connectivity index is 0.000000336. The standard InChI is InChI=1S/C7H5ClN2.C2H5N3/c8-7-2-1-6(10)3-5(7)4-9;3-1-2-5-4/h1-3H,10H2;5H,2,4H2. The maximum Gasteiger partial charge on any atom is 0.101 e. The van der Waals surface area contributed by atoms with Crippen LogP contribution in [0.1, 0.15) is 5.56 Å². The van der Waals surface area contributed by atoms with Gasteiger partial charge in [0.05, 0.1) is 23.2 Å². The number of hydrogen-bond acceptors (Lipinski definition) is 5. The minimum atomic E-state index is 0.222. The summed E-state index contributed by atoms with van der Waals surface area (Å²) in [5.74, 6) is 4.67. The normalized spacial score (nSPS) is 8.00. The molecule has 0 saturated heterocycles. The van der Waals surface area contributed by atoms with Crippen molar-refractivity contribution < 1.29 is 0 Å². The number of hydrazine groups is 1. The molecule has 0 unspecified atom stereocenters. The smallest absolute Gasteiger partial charge is 0.101 e. The number of nitrogens with one attached hydrogen (secondary N) is 1. The van der Waals surface area contributed by atoms with E-state index in [9.17, 15) is 0 Å². The number of hydrogen-bond donors (Lipinski definition) is 3. The first kappa shape index (κ1) is 13.2. The van der Waals surface area contributed by atoms with E-state index in [4.69, 9.17) is 27.9 Å². The van der Waals surface area contributed by atoms with E-state index >= 15 is 0 Å². The molecule has 0 aliphatic rings. The molecule has 1 rings (SSSR count). The zero-order chi connectivity index (χ0) is 11.7. The average Bonchev–Trinajstić information content (AvgIpc) is 2.24. The molecule has 6 heteroatoms. The predicted molar refractivity (Wildman–Crippen MR) is 58.4 cm³/mol. The summed E-state index contributed by atoms with van der Waals surface area (Å²) in [5, 5.41) is 16.6. The highest BCUT2D eigenvalue weighted by Crippen LogP contribution is 2.16. The maximum absolute atomic E-state index is 8.45. The van der Waals surface area contributed by atoms with Crippen LogP contribution in [-0.2, 0) is 0 Å². The number of halogens is 1. The highest BCUT2D eigenvalue weighted by atomic mass is 35.5. The predicted octanol–water partition coefficient (Wildman–Crippen LogP) is 0.767. The van der Waals surface area contributed by atoms with Gasteiger partial charge in [0, 0.05) is 5.69 Å². The summed E-state index contributed by atoms with van der Waals surface area (Å²) in [4.78, 5) is 0. The molecular weight excluding hydrogens is 214 g/mol. The molecule has 0 radical (unpaired) electrons. The van der Waals surface area contributed by atoms with Crippen molar-refractivity contribution in [3.8, 4) is 12.1 Å². The van der Waals surface area contributed by atoms with E-state index in [1.54, 1.807) is 24.3 Å². The molecule has 0 fully saturated rings. The molecule has 0 saturated carbocycles. The van der Waals surface area contributed by atoms with Gasteiger partial charge in [0.2, 0.25) is 0 Å². The maximum atomic E-state index is 8.45. The molecule has 0 aromatic heterocycles. The van der Waals surface area contributed by atoms with Gasteiger partial charge in [-0.05, 0) is 18.2 Å². The second kappa shape index (κ2) is 7.60. The van der Waals surface area contributed by atoms with Gasteiger partial charge in [0.1, 0.15) is 6.07 Å². The third-order valence-corrected chi connectivity index (χ3v) is 1.62. The Morgan fingerprint density at radius 2 is 2.07 bits per heavy atom. The first-order chi connectivity index (χ1) is 7.15. The van der Waals surface area contributed by atoms with Crippen LogP contribution in [0, 0.1) is 22.7 Å². The van der Waals surface area contributed by atoms with E-state index in [2.05, 4.69) is 11.3 Å². The largest absolute Gasteiger partial charge is 0.399 e. The van der Waals surface area contributed by atoms with Crippen molar-refractivity contribution in [2.24, 2.45) is 5.84 Å². The Morgan fingerprint density at radius 3 is 2.40 bits per heavy atom. The molecule has 15 heavy (non-hydrogen) atoms. The van der Waals surface area contributed by atoms with Crippen molar-refractivity contribution in [2.75, 3.05) is 12.3 Å². The average molecular weight is 224 g/mol. The van der Waals surface area contributed by atoms with Crippen molar-refractivity contribution in [3.05, 3.63) is 28.8 Å². The summed E-state index contributed by atoms with van der Waals surface area (Å²) in [5.41, 5.74) is 8.52. The topological polar surface area (TPSA) is 112 Å². The van der Waals surface area contributed by atoms with Gasteiger partial charge in [-0.25, -0.2) is 5.43 Å². The minimum Gasteiger partial charge on any atom is -0.399 e. The SMILES string of the molecule is N#CCNN.N#Cc1cc(N)ccc1Cl. The van der Waals surface area contributed by atoms with E-state index in [0.29, 0.717) is 16.3 Å². The second-order valence-corrected chi connectivity index (χ2v) is 2.80. The summed E-state index contributed by atoms with van der Waals surface area (Å²) in [7, 11) is 0. The van der Waals surface area contributed by atoms with Crippen LogP contribution >= 0.6 is 11.6 Å². The van der Waals surface area contributed by atoms with Crippen LogP contribution in [0.3, 0.4) is 0 Å². The molecule has 0 aliphatic heterocycles. The fourth-order valence-corrected chi connectivity index (χ4v) is 0.834. The Bertz CT molecular complexity index is 390. The summed E-state index contributed by atoms with van der Waals surface area (Å²) in [6.45, 7) is 0.222. The molecule has 0 spiro atoms. The number of benzene rings is 1. The molecular formula is C9H10ClN5. The van der Waals surface area contributed by atoms with E-state index in [1.165, 1.54) is 0 Å². The third kappa shape index (κ3) is 5.50. The van der Waals surface area contributed by atoms with Gasteiger partial charge in [-0.1, -0.05) is 11.6 Å². The lowest BCUT2D eigenvalue weighted by molar-refractivity contribution is 0.830. The van der Waals surface area contributed by atoms with Crippen molar-refractivity contribution >= 4 is 17.3 Å². The highest BCUT2D eigenvalue weighted by molar-refractivity contribution is 6.31. The number of anilines is 1. The van der Waals surface area contributed by atoms with E-state index < -0.39 is 0 Å². The summed E-state index contributed by atoms with van der Waals surface area (Å²) in [6, 6.07) is 8.51. The highest BCUT2D eigenvalue weighted by Gasteiger charge is 1.96. The summed E-state index contributed by atoms with van der Waals surface area (Å²) < 4.78 is 0. The molecule has 0 heterocycles. The van der Waals surface area contributed by atoms with Crippen molar-refractivity contribution in [1.82, 2.24) is 5.43 Å². The lowest BCUT2D eigenvalue weighted by Crippen LogP contribution is -2.21. The fourth-order valence-electron chi connectivity index (χ4n) is 0.674. The number of nitrogen functional groups attached to an aromatic ring is 1. The molecule has 78 valence electrons. The van der Waals surface area contributed by atoms with Crippen molar-refractivity contribution in [2.45, 2.75) is 0 Å². The van der Waals surface area contributed by atoms with Crippen molar-refractivity contribution in [1.29, 1.82) is 10.5 Å². The third-order valence-electron chi connectivity index (χ3n) is 1.29. The molecule has 0 atom stereocenters. The Morgan fingerprint density at radius 1 is 1.40 bits per heavy atom. The zero-order valence-electron chi connectivity index (χ0n) is 7.87.